The molecule has 0 saturated carbocycles. The van der Waals surface area contributed by atoms with E-state index >= 15 is 0 Å². The van der Waals surface area contributed by atoms with Crippen molar-refractivity contribution in [1.29, 1.82) is 0 Å². The van der Waals surface area contributed by atoms with E-state index in [1.54, 1.807) is 24.3 Å². The number of Topliss-reactive ketones (excluding diaryl/α,β-unsaturated/α-hetero) is 1. The number of nitrogens with zero attached hydrogens (tertiary/aromatic N) is 1. The van der Waals surface area contributed by atoms with Crippen LogP contribution in [0.4, 0.5) is 10.1 Å². The highest BCUT2D eigenvalue weighted by atomic mass is 35.5. The van der Waals surface area contributed by atoms with E-state index in [4.69, 9.17) is 16.3 Å². The highest BCUT2D eigenvalue weighted by Crippen LogP contribution is 2.44. The molecule has 1 saturated heterocycles. The number of halogens is 2. The standard InChI is InChI=1S/C26H21ClFNO4/c1-14-8-10-17(12-15(14)2)29-23(18-6-4-5-7-20(18)28)22(25(31)26(29)32)24(30)19-13-16(27)9-11-21(19)33-3/h4-13,23,30H,1-3H3/b24-22+. The van der Waals surface area contributed by atoms with E-state index < -0.39 is 29.3 Å². The van der Waals surface area contributed by atoms with Crippen molar-refractivity contribution in [2.24, 2.45) is 0 Å². The lowest BCUT2D eigenvalue weighted by molar-refractivity contribution is -0.132. The molecule has 0 spiro atoms. The third-order valence-electron chi connectivity index (χ3n) is 5.83. The van der Waals surface area contributed by atoms with Gasteiger partial charge in [-0.2, -0.15) is 0 Å². The molecular formula is C26H21ClFNO4. The predicted octanol–water partition coefficient (Wildman–Crippen LogP) is 5.73. The summed E-state index contributed by atoms with van der Waals surface area (Å²) in [7, 11) is 1.40. The summed E-state index contributed by atoms with van der Waals surface area (Å²) in [4.78, 5) is 27.7. The molecule has 1 fully saturated rings. The van der Waals surface area contributed by atoms with Crippen LogP contribution in [-0.2, 0) is 9.59 Å². The SMILES string of the molecule is COc1ccc(Cl)cc1/C(O)=C1\C(=O)C(=O)N(c2ccc(C)c(C)c2)C1c1ccccc1F. The summed E-state index contributed by atoms with van der Waals surface area (Å²) in [6.45, 7) is 3.80. The zero-order valence-corrected chi connectivity index (χ0v) is 19.0. The van der Waals surface area contributed by atoms with Gasteiger partial charge in [0.2, 0.25) is 0 Å². The van der Waals surface area contributed by atoms with E-state index in [2.05, 4.69) is 0 Å². The van der Waals surface area contributed by atoms with Crippen molar-refractivity contribution < 1.29 is 23.8 Å². The van der Waals surface area contributed by atoms with E-state index in [0.29, 0.717) is 10.7 Å². The quantitative estimate of drug-likeness (QED) is 0.303. The lowest BCUT2D eigenvalue weighted by atomic mass is 9.94. The summed E-state index contributed by atoms with van der Waals surface area (Å²) < 4.78 is 20.3. The van der Waals surface area contributed by atoms with Gasteiger partial charge in [0, 0.05) is 16.3 Å². The van der Waals surface area contributed by atoms with Gasteiger partial charge < -0.3 is 9.84 Å². The fourth-order valence-electron chi connectivity index (χ4n) is 3.98. The van der Waals surface area contributed by atoms with E-state index in [1.807, 2.05) is 19.9 Å². The minimum absolute atomic E-state index is 0.0810. The second kappa shape index (κ2) is 8.71. The third kappa shape index (κ3) is 3.87. The number of ketones is 1. The first-order chi connectivity index (χ1) is 15.7. The van der Waals surface area contributed by atoms with Crippen molar-refractivity contribution >= 4 is 34.7 Å². The number of anilines is 1. The number of benzene rings is 3. The van der Waals surface area contributed by atoms with Crippen LogP contribution in [0.1, 0.15) is 28.3 Å². The van der Waals surface area contributed by atoms with E-state index in [-0.39, 0.29) is 22.4 Å². The van der Waals surface area contributed by atoms with Crippen molar-refractivity contribution in [3.8, 4) is 5.75 Å². The number of carbonyl (C=O) groups excluding carboxylic acids is 2. The average Bonchev–Trinajstić information content (AvgIpc) is 3.06. The molecule has 3 aromatic rings. The Morgan fingerprint density at radius 2 is 1.76 bits per heavy atom. The molecule has 1 aliphatic heterocycles. The smallest absolute Gasteiger partial charge is 0.300 e. The molecule has 7 heteroatoms. The molecule has 33 heavy (non-hydrogen) atoms. The van der Waals surface area contributed by atoms with Gasteiger partial charge in [-0.15, -0.1) is 0 Å². The molecule has 0 aromatic heterocycles. The molecule has 1 atom stereocenters. The van der Waals surface area contributed by atoms with Crippen LogP contribution in [0, 0.1) is 19.7 Å². The topological polar surface area (TPSA) is 66.8 Å². The first-order valence-corrected chi connectivity index (χ1v) is 10.6. The molecule has 1 aliphatic rings. The van der Waals surface area contributed by atoms with E-state index in [1.165, 1.54) is 42.3 Å². The van der Waals surface area contributed by atoms with Crippen molar-refractivity contribution in [2.75, 3.05) is 12.0 Å². The van der Waals surface area contributed by atoms with E-state index in [9.17, 15) is 19.1 Å². The normalized spacial score (nSPS) is 17.5. The van der Waals surface area contributed by atoms with Gasteiger partial charge in [-0.25, -0.2) is 4.39 Å². The number of amides is 1. The van der Waals surface area contributed by atoms with E-state index in [0.717, 1.165) is 11.1 Å². The number of hydrogen-bond acceptors (Lipinski definition) is 4. The zero-order chi connectivity index (χ0) is 23.9. The predicted molar refractivity (Wildman–Crippen MR) is 125 cm³/mol. The summed E-state index contributed by atoms with van der Waals surface area (Å²) in [6, 6.07) is 14.5. The van der Waals surface area contributed by atoms with Gasteiger partial charge in [-0.05, 0) is 61.4 Å². The summed E-state index contributed by atoms with van der Waals surface area (Å²) in [5.74, 6) is -2.65. The number of hydrogen-bond donors (Lipinski definition) is 1. The Kier molecular flexibility index (Phi) is 5.95. The molecule has 3 aromatic carbocycles. The number of rotatable bonds is 4. The molecular weight excluding hydrogens is 445 g/mol. The fraction of sp³-hybridized carbons (Fsp3) is 0.154. The molecule has 0 bridgehead atoms. The maximum atomic E-state index is 15.0. The Labute approximate surface area is 195 Å². The minimum atomic E-state index is -1.18. The van der Waals surface area contributed by atoms with Crippen molar-refractivity contribution in [1.82, 2.24) is 0 Å². The molecule has 1 amide bonds. The summed E-state index contributed by atoms with van der Waals surface area (Å²) in [5, 5.41) is 11.5. The average molecular weight is 466 g/mol. The molecule has 1 heterocycles. The van der Waals surface area contributed by atoms with Gasteiger partial charge in [0.05, 0.1) is 24.3 Å². The van der Waals surface area contributed by atoms with Crippen LogP contribution in [0.15, 0.2) is 66.2 Å². The van der Waals surface area contributed by atoms with Crippen LogP contribution in [0.25, 0.3) is 5.76 Å². The number of ether oxygens (including phenoxy) is 1. The van der Waals surface area contributed by atoms with Gasteiger partial charge in [0.25, 0.3) is 11.7 Å². The lowest BCUT2D eigenvalue weighted by Gasteiger charge is -2.26. The van der Waals surface area contributed by atoms with Crippen molar-refractivity contribution in [2.45, 2.75) is 19.9 Å². The maximum absolute atomic E-state index is 15.0. The van der Waals surface area contributed by atoms with Gasteiger partial charge in [0.1, 0.15) is 17.3 Å². The first kappa shape index (κ1) is 22.6. The summed E-state index contributed by atoms with van der Waals surface area (Å²) in [6.07, 6.45) is 0. The highest BCUT2D eigenvalue weighted by Gasteiger charge is 2.48. The molecule has 4 rings (SSSR count). The van der Waals surface area contributed by atoms with Gasteiger partial charge in [0.15, 0.2) is 0 Å². The summed E-state index contributed by atoms with van der Waals surface area (Å²) >= 11 is 6.11. The number of carbonyl (C=O) groups is 2. The monoisotopic (exact) mass is 465 g/mol. The van der Waals surface area contributed by atoms with Gasteiger partial charge >= 0.3 is 0 Å². The molecule has 1 N–H and O–H groups in total. The highest BCUT2D eigenvalue weighted by molar-refractivity contribution is 6.51. The first-order valence-electron chi connectivity index (χ1n) is 10.2. The molecule has 168 valence electrons. The van der Waals surface area contributed by atoms with Gasteiger partial charge in [-0.3, -0.25) is 14.5 Å². The van der Waals surface area contributed by atoms with Crippen LogP contribution in [0.5, 0.6) is 5.75 Å². The largest absolute Gasteiger partial charge is 0.507 e. The summed E-state index contributed by atoms with van der Waals surface area (Å²) in [5.41, 5.74) is 2.29. The van der Waals surface area contributed by atoms with Crippen LogP contribution in [0.3, 0.4) is 0 Å². The van der Waals surface area contributed by atoms with Crippen LogP contribution in [-0.4, -0.2) is 23.9 Å². The Morgan fingerprint density at radius 3 is 2.42 bits per heavy atom. The van der Waals surface area contributed by atoms with Crippen LogP contribution in [0.2, 0.25) is 5.02 Å². The van der Waals surface area contributed by atoms with Crippen LogP contribution < -0.4 is 9.64 Å². The third-order valence-corrected chi connectivity index (χ3v) is 6.06. The number of aliphatic hydroxyl groups excluding tert-OH is 1. The number of aryl methyl sites for hydroxylation is 2. The van der Waals surface area contributed by atoms with Crippen LogP contribution >= 0.6 is 11.6 Å². The Hall–Kier alpha value is -3.64. The number of aliphatic hydroxyl groups is 1. The molecule has 5 nitrogen and oxygen atoms in total. The fourth-order valence-corrected chi connectivity index (χ4v) is 4.15. The molecule has 0 radical (unpaired) electrons. The second-order valence-corrected chi connectivity index (χ2v) is 8.24. The lowest BCUT2D eigenvalue weighted by Crippen LogP contribution is -2.30. The Bertz CT molecular complexity index is 1320. The molecule has 1 unspecified atom stereocenters. The zero-order valence-electron chi connectivity index (χ0n) is 18.2. The Balaban J connectivity index is 2.02. The maximum Gasteiger partial charge on any atom is 0.300 e. The number of methoxy groups -OCH3 is 1. The molecule has 0 aliphatic carbocycles. The minimum Gasteiger partial charge on any atom is -0.507 e. The van der Waals surface area contributed by atoms with Gasteiger partial charge in [-0.1, -0.05) is 35.9 Å². The van der Waals surface area contributed by atoms with Crippen molar-refractivity contribution in [3.63, 3.8) is 0 Å². The Morgan fingerprint density at radius 1 is 1.03 bits per heavy atom. The van der Waals surface area contributed by atoms with Crippen molar-refractivity contribution in [3.05, 3.63) is 99.3 Å². The second-order valence-electron chi connectivity index (χ2n) is 7.80.